The molecule has 0 unspecified atom stereocenters. The second kappa shape index (κ2) is 40.4. The van der Waals surface area contributed by atoms with Gasteiger partial charge in [0.25, 0.3) is 0 Å². The molecule has 3 aliphatic heterocycles. The maximum Gasteiger partial charge on any atom is 0.185 e. The van der Waals surface area contributed by atoms with Gasteiger partial charge in [0.2, 0.25) is 0 Å². The van der Waals surface area contributed by atoms with Crippen LogP contribution in [0.25, 0.3) is 50.7 Å². The Kier molecular flexibility index (Phi) is 31.0. The van der Waals surface area contributed by atoms with E-state index < -0.39 is 0 Å². The van der Waals surface area contributed by atoms with E-state index in [4.69, 9.17) is 0 Å². The molecule has 14 aromatic rings. The molecule has 0 fully saturated rings. The molecule has 0 atom stereocenters. The number of carbonyl (C=O) groups is 1. The molecule has 113 heavy (non-hydrogen) atoms. The first-order valence-corrected chi connectivity index (χ1v) is 38.8. The summed E-state index contributed by atoms with van der Waals surface area (Å²) in [6.45, 7) is 47.2. The Labute approximate surface area is 669 Å². The minimum Gasteiger partial charge on any atom is -0.362 e. The van der Waals surface area contributed by atoms with E-state index in [9.17, 15) is 4.79 Å². The predicted molar refractivity (Wildman–Crippen MR) is 470 cm³/mol. The lowest BCUT2D eigenvalue weighted by molar-refractivity contribution is 0.101. The number of fused-ring (bicyclic) bond motifs is 9. The van der Waals surface area contributed by atoms with Crippen LogP contribution in [0.4, 0.5) is 17.5 Å². The lowest BCUT2D eigenvalue weighted by Crippen LogP contribution is -2.00. The fourth-order valence-corrected chi connectivity index (χ4v) is 12.3. The number of anilines is 3. The first-order valence-electron chi connectivity index (χ1n) is 38.8. The van der Waals surface area contributed by atoms with Crippen molar-refractivity contribution in [1.29, 1.82) is 0 Å². The molecule has 0 spiro atoms. The number of hydrogen-bond donors (Lipinski definition) is 6. The van der Waals surface area contributed by atoms with Crippen molar-refractivity contribution in [2.24, 2.45) is 0 Å². The second-order valence-corrected chi connectivity index (χ2v) is 31.1. The Balaban J connectivity index is 0.000000159. The molecule has 20 nitrogen and oxygen atoms in total. The third-order valence-electron chi connectivity index (χ3n) is 19.4. The summed E-state index contributed by atoms with van der Waals surface area (Å²) in [5, 5.41) is 10.5. The van der Waals surface area contributed by atoms with Crippen LogP contribution in [0.5, 0.6) is 0 Å². The predicted octanol–water partition coefficient (Wildman–Crippen LogP) is 23.0. The number of rotatable bonds is 9. The lowest BCUT2D eigenvalue weighted by atomic mass is 10.0. The Morgan fingerprint density at radius 2 is 0.805 bits per heavy atom. The molecule has 6 N–H and O–H groups in total. The smallest absolute Gasteiger partial charge is 0.185 e. The van der Waals surface area contributed by atoms with Crippen molar-refractivity contribution < 1.29 is 4.79 Å². The van der Waals surface area contributed by atoms with Crippen LogP contribution >= 0.6 is 0 Å². The Hall–Kier alpha value is -11.8. The number of imidazole rings is 4. The SMILES string of the molecule is C.C.C=C1Cc2cc(C(C)C)cnc2N1.C=C1Cc2cc(C(C)C)cnc2N1.CC(C)c1cnc2[nH]ccc2c1.CC(C)c1cnc2c(c1)C(=O)CN2.CC(C)c1cnc2c(c1)CC=C2.CC(C)c1cnc2ccccn12.CC(C)c1cnc2ccccn12.CC(C)c1cnc2nc[nH]c2c1.CC(C)c1cnc2nc[nH]c2c1. The van der Waals surface area contributed by atoms with Gasteiger partial charge in [0.15, 0.2) is 17.1 Å². The number of Topliss-reactive ketones (excluding diaryl/α,β-unsaturated/α-hetero) is 1. The van der Waals surface area contributed by atoms with E-state index in [1.807, 2.05) is 110 Å². The second-order valence-electron chi connectivity index (χ2n) is 31.1. The van der Waals surface area contributed by atoms with Crippen LogP contribution in [0.15, 0.2) is 203 Å². The first kappa shape index (κ1) is 86.8. The van der Waals surface area contributed by atoms with Crippen LogP contribution < -0.4 is 16.0 Å². The normalized spacial score (nSPS) is 12.5. The average molecular weight is 1520 g/mol. The molecule has 0 radical (unpaired) electrons. The minimum atomic E-state index is 0. The van der Waals surface area contributed by atoms with Gasteiger partial charge in [-0.15, -0.1) is 0 Å². The van der Waals surface area contributed by atoms with Gasteiger partial charge in [0, 0.05) is 126 Å². The summed E-state index contributed by atoms with van der Waals surface area (Å²) in [6, 6.07) is 29.2. The Bertz CT molecular complexity index is 5130. The van der Waals surface area contributed by atoms with Crippen molar-refractivity contribution in [2.75, 3.05) is 22.5 Å². The highest BCUT2D eigenvalue weighted by molar-refractivity contribution is 6.07. The van der Waals surface area contributed by atoms with Crippen LogP contribution in [0.1, 0.15) is 276 Å². The highest BCUT2D eigenvalue weighted by Crippen LogP contribution is 2.31. The molecule has 0 saturated carbocycles. The number of H-pyrrole nitrogens is 3. The number of nitrogens with zero attached hydrogens (tertiary/aromatic N) is 13. The minimum absolute atomic E-state index is 0. The zero-order valence-electron chi connectivity index (χ0n) is 68.0. The summed E-state index contributed by atoms with van der Waals surface area (Å²) in [5.74, 6) is 7.59. The van der Waals surface area contributed by atoms with Crippen molar-refractivity contribution in [3.8, 4) is 0 Å². The van der Waals surface area contributed by atoms with Crippen LogP contribution in [0.2, 0.25) is 0 Å². The quantitative estimate of drug-likeness (QED) is 0.0786. The number of hydrogen-bond acceptors (Lipinski definition) is 15. The summed E-state index contributed by atoms with van der Waals surface area (Å²) in [4.78, 5) is 67.3. The van der Waals surface area contributed by atoms with Gasteiger partial charge in [-0.25, -0.2) is 49.8 Å². The van der Waals surface area contributed by atoms with Gasteiger partial charge in [-0.1, -0.05) is 177 Å². The van der Waals surface area contributed by atoms with Gasteiger partial charge in [-0.2, -0.15) is 0 Å². The molecule has 0 bridgehead atoms. The molecule has 20 heteroatoms. The molecule has 4 aliphatic rings. The van der Waals surface area contributed by atoms with E-state index in [1.54, 1.807) is 12.7 Å². The molecule has 18 rings (SSSR count). The van der Waals surface area contributed by atoms with E-state index in [0.29, 0.717) is 59.8 Å². The van der Waals surface area contributed by atoms with E-state index in [-0.39, 0.29) is 20.6 Å². The molecule has 0 aromatic carbocycles. The molecule has 17 heterocycles. The first-order chi connectivity index (χ1) is 53.2. The zero-order valence-corrected chi connectivity index (χ0v) is 68.0. The summed E-state index contributed by atoms with van der Waals surface area (Å²) in [5.41, 5.74) is 25.9. The van der Waals surface area contributed by atoms with E-state index in [2.05, 4.69) is 293 Å². The van der Waals surface area contributed by atoms with Gasteiger partial charge < -0.3 is 39.7 Å². The van der Waals surface area contributed by atoms with Crippen molar-refractivity contribution in [3.05, 3.63) is 281 Å². The fourth-order valence-electron chi connectivity index (χ4n) is 12.3. The van der Waals surface area contributed by atoms with Crippen LogP contribution in [-0.2, 0) is 19.3 Å². The number of ketones is 1. The van der Waals surface area contributed by atoms with E-state index >= 15 is 0 Å². The van der Waals surface area contributed by atoms with Crippen LogP contribution in [0, 0.1) is 0 Å². The fraction of sp³-hybridized carbons (Fsp3) is 0.355. The van der Waals surface area contributed by atoms with Gasteiger partial charge in [-0.05, 0) is 177 Å². The molecule has 1 aliphatic carbocycles. The van der Waals surface area contributed by atoms with Gasteiger partial charge in [-0.3, -0.25) is 9.78 Å². The molecular weight excluding hydrogens is 1400 g/mol. The number of pyridine rings is 9. The summed E-state index contributed by atoms with van der Waals surface area (Å²) in [6.07, 6.45) is 33.8. The van der Waals surface area contributed by atoms with Gasteiger partial charge in [0.1, 0.15) is 34.4 Å². The largest absolute Gasteiger partial charge is 0.362 e. The molecule has 592 valence electrons. The monoisotopic (exact) mass is 1520 g/mol. The number of allylic oxidation sites excluding steroid dienone is 3. The van der Waals surface area contributed by atoms with E-state index in [1.165, 1.54) is 66.8 Å². The average Bonchev–Trinajstić information content (AvgIpc) is 1.71. The van der Waals surface area contributed by atoms with E-state index in [0.717, 1.165) is 104 Å². The topological polar surface area (TPSA) is 251 Å². The highest BCUT2D eigenvalue weighted by Gasteiger charge is 2.22. The van der Waals surface area contributed by atoms with Gasteiger partial charge >= 0.3 is 0 Å². The third-order valence-corrected chi connectivity index (χ3v) is 19.4. The number of aromatic nitrogens is 16. The molecule has 0 saturated heterocycles. The summed E-state index contributed by atoms with van der Waals surface area (Å²) >= 11 is 0. The lowest BCUT2D eigenvalue weighted by Gasteiger charge is -2.06. The maximum absolute atomic E-state index is 11.3. The van der Waals surface area contributed by atoms with Crippen LogP contribution in [-0.4, -0.2) is 90.9 Å². The Morgan fingerprint density at radius 1 is 0.398 bits per heavy atom. The number of nitrogens with one attached hydrogen (secondary N) is 6. The summed E-state index contributed by atoms with van der Waals surface area (Å²) in [7, 11) is 0. The summed E-state index contributed by atoms with van der Waals surface area (Å²) < 4.78 is 4.26. The molecule has 14 aromatic heterocycles. The van der Waals surface area contributed by atoms with Crippen molar-refractivity contribution >= 4 is 74.0 Å². The highest BCUT2D eigenvalue weighted by atomic mass is 16.1. The van der Waals surface area contributed by atoms with Gasteiger partial charge in [0.05, 0.1) is 41.5 Å². The Morgan fingerprint density at radius 3 is 1.27 bits per heavy atom. The van der Waals surface area contributed by atoms with Crippen molar-refractivity contribution in [3.63, 3.8) is 0 Å². The molecule has 0 amide bonds. The molecular formula is C93H119N19O. The number of carbonyl (C=O) groups excluding carboxylic acids is 1. The maximum atomic E-state index is 11.3. The van der Waals surface area contributed by atoms with Crippen molar-refractivity contribution in [2.45, 2.75) is 212 Å². The third kappa shape index (κ3) is 23.2. The standard InChI is InChI=1S/2C11H14N2.C11H13N.C10H12N2O.3C10H12N2.2C9H11N3.2CH4/c2*1-7(2)10-5-9-4-8(3)13-11(9)12-6-10;1-8(2)10-6-9-4-3-5-11(9)12-7-10;1-6(2)7-3-8-9(13)5-12-10(8)11-4-7;1-7(2)9-5-8-3-4-11-10(8)12-6-9;2*1-8(2)9-7-11-10-5-3-4-6-12(9)10;2*1-6(2)7-3-8-9(10-4-7)12-5-11-8;;/h2*5-7H,3-4H2,1-2H3,(H,12,13);3,5-8H,4H2,1-2H3;3-4,6H,5H2,1-2H3,(H,11,12);3-7H,1-2H3,(H,11,12);2*3-8H,1-2H3;2*3-6H,1-2H3,(H,10,11,12);2*1H4. The van der Waals surface area contributed by atoms with Crippen LogP contribution in [0.3, 0.4) is 0 Å². The zero-order chi connectivity index (χ0) is 79.6. The number of aromatic amines is 3. The van der Waals surface area contributed by atoms with Crippen molar-refractivity contribution in [1.82, 2.24) is 78.6 Å².